The number of amides is 3. The maximum Gasteiger partial charge on any atom is 0.338 e. The number of benzene rings is 3. The molecular formula is C25H20N2O5. The number of fused-ring (bicyclic) bond motifs is 1. The van der Waals surface area contributed by atoms with E-state index >= 15 is 0 Å². The van der Waals surface area contributed by atoms with E-state index < -0.39 is 23.9 Å². The first-order valence-electron chi connectivity index (χ1n) is 10.00. The van der Waals surface area contributed by atoms with Crippen LogP contribution in [0.25, 0.3) is 0 Å². The van der Waals surface area contributed by atoms with Gasteiger partial charge in [-0.2, -0.15) is 0 Å². The van der Waals surface area contributed by atoms with Crippen molar-refractivity contribution < 1.29 is 23.9 Å². The monoisotopic (exact) mass is 428 g/mol. The Morgan fingerprint density at radius 1 is 0.812 bits per heavy atom. The van der Waals surface area contributed by atoms with Gasteiger partial charge in [-0.1, -0.05) is 30.3 Å². The quantitative estimate of drug-likeness (QED) is 0.457. The molecule has 0 unspecified atom stereocenters. The number of hydrogen-bond donors (Lipinski definition) is 0. The van der Waals surface area contributed by atoms with Crippen LogP contribution in [0.15, 0.2) is 78.9 Å². The minimum Gasteiger partial charge on any atom is -0.449 e. The first-order chi connectivity index (χ1) is 15.4. The Labute approximate surface area is 184 Å². The van der Waals surface area contributed by atoms with Crippen LogP contribution in [-0.4, -0.2) is 36.8 Å². The lowest BCUT2D eigenvalue weighted by Crippen LogP contribution is -2.37. The number of likely N-dealkylation sites (N-methyl/N-ethyl adjacent to an activating group) is 1. The molecule has 3 amide bonds. The third kappa shape index (κ3) is 3.76. The molecule has 32 heavy (non-hydrogen) atoms. The van der Waals surface area contributed by atoms with Gasteiger partial charge in [-0.25, -0.2) is 9.69 Å². The van der Waals surface area contributed by atoms with Gasteiger partial charge in [-0.05, 0) is 55.5 Å². The Morgan fingerprint density at radius 3 is 1.91 bits per heavy atom. The number of rotatable bonds is 5. The SMILES string of the molecule is C[C@@H](OC(=O)c1ccc(N2C(=O)c3ccccc3C2=O)cc1)C(=O)N(C)c1ccccc1. The Hall–Kier alpha value is -4.26. The molecule has 7 heteroatoms. The molecule has 0 bridgehead atoms. The van der Waals surface area contributed by atoms with Gasteiger partial charge in [0, 0.05) is 12.7 Å². The maximum atomic E-state index is 12.6. The highest BCUT2D eigenvalue weighted by Gasteiger charge is 2.36. The van der Waals surface area contributed by atoms with Crippen LogP contribution in [0.4, 0.5) is 11.4 Å². The number of imide groups is 1. The van der Waals surface area contributed by atoms with E-state index in [-0.39, 0.29) is 11.5 Å². The molecular weight excluding hydrogens is 408 g/mol. The number of para-hydroxylation sites is 1. The second kappa shape index (κ2) is 8.47. The van der Waals surface area contributed by atoms with Crippen molar-refractivity contribution in [3.05, 3.63) is 95.6 Å². The number of nitrogens with zero attached hydrogens (tertiary/aromatic N) is 2. The second-order valence-corrected chi connectivity index (χ2v) is 7.32. The van der Waals surface area contributed by atoms with Gasteiger partial charge in [0.05, 0.1) is 22.4 Å². The van der Waals surface area contributed by atoms with Gasteiger partial charge in [0.2, 0.25) is 0 Å². The van der Waals surface area contributed by atoms with Gasteiger partial charge < -0.3 is 9.64 Å². The van der Waals surface area contributed by atoms with Gasteiger partial charge in [0.15, 0.2) is 6.10 Å². The summed E-state index contributed by atoms with van der Waals surface area (Å²) in [7, 11) is 1.61. The summed E-state index contributed by atoms with van der Waals surface area (Å²) < 4.78 is 5.32. The average molecular weight is 428 g/mol. The normalized spacial score (nSPS) is 13.5. The van der Waals surface area contributed by atoms with E-state index in [1.165, 1.54) is 36.1 Å². The lowest BCUT2D eigenvalue weighted by Gasteiger charge is -2.21. The molecule has 1 aliphatic heterocycles. The molecule has 7 nitrogen and oxygen atoms in total. The van der Waals surface area contributed by atoms with E-state index in [1.807, 2.05) is 18.2 Å². The molecule has 3 aromatic carbocycles. The van der Waals surface area contributed by atoms with Crippen molar-refractivity contribution in [1.29, 1.82) is 0 Å². The molecule has 1 aliphatic rings. The summed E-state index contributed by atoms with van der Waals surface area (Å²) in [5.41, 5.74) is 1.92. The van der Waals surface area contributed by atoms with Crippen molar-refractivity contribution in [2.75, 3.05) is 16.8 Å². The highest BCUT2D eigenvalue weighted by molar-refractivity contribution is 6.34. The minimum atomic E-state index is -0.997. The number of hydrogen-bond acceptors (Lipinski definition) is 5. The Bertz CT molecular complexity index is 1170. The van der Waals surface area contributed by atoms with Crippen LogP contribution in [0.5, 0.6) is 0 Å². The van der Waals surface area contributed by atoms with E-state index in [2.05, 4.69) is 0 Å². The summed E-state index contributed by atoms with van der Waals surface area (Å²) in [6, 6.07) is 21.6. The van der Waals surface area contributed by atoms with Gasteiger partial charge in [-0.3, -0.25) is 14.4 Å². The average Bonchev–Trinajstić information content (AvgIpc) is 3.08. The summed E-state index contributed by atoms with van der Waals surface area (Å²) >= 11 is 0. The van der Waals surface area contributed by atoms with Crippen molar-refractivity contribution in [1.82, 2.24) is 0 Å². The predicted octanol–water partition coefficient (Wildman–Crippen LogP) is 3.70. The molecule has 0 fully saturated rings. The smallest absolute Gasteiger partial charge is 0.338 e. The van der Waals surface area contributed by atoms with Crippen molar-refractivity contribution >= 4 is 35.1 Å². The Balaban J connectivity index is 1.44. The van der Waals surface area contributed by atoms with Crippen molar-refractivity contribution in [3.63, 3.8) is 0 Å². The number of carbonyl (C=O) groups excluding carboxylic acids is 4. The van der Waals surface area contributed by atoms with Crippen LogP contribution in [0.1, 0.15) is 38.0 Å². The van der Waals surface area contributed by atoms with E-state index in [9.17, 15) is 19.2 Å². The summed E-state index contributed by atoms with van der Waals surface area (Å²) in [5, 5.41) is 0. The molecule has 4 rings (SSSR count). The molecule has 160 valence electrons. The zero-order valence-electron chi connectivity index (χ0n) is 17.5. The van der Waals surface area contributed by atoms with Gasteiger partial charge in [0.1, 0.15) is 0 Å². The fraction of sp³-hybridized carbons (Fsp3) is 0.120. The van der Waals surface area contributed by atoms with Gasteiger partial charge in [0.25, 0.3) is 17.7 Å². The molecule has 0 saturated heterocycles. The lowest BCUT2D eigenvalue weighted by atomic mass is 10.1. The molecule has 0 N–H and O–H groups in total. The van der Waals surface area contributed by atoms with E-state index in [0.29, 0.717) is 22.5 Å². The summed E-state index contributed by atoms with van der Waals surface area (Å²) in [5.74, 6) is -1.87. The van der Waals surface area contributed by atoms with E-state index in [1.54, 1.807) is 43.4 Å². The summed E-state index contributed by atoms with van der Waals surface area (Å²) in [6.45, 7) is 1.51. The number of ether oxygens (including phenoxy) is 1. The van der Waals surface area contributed by atoms with Crippen molar-refractivity contribution in [2.45, 2.75) is 13.0 Å². The number of carbonyl (C=O) groups is 4. The van der Waals surface area contributed by atoms with Crippen LogP contribution < -0.4 is 9.80 Å². The van der Waals surface area contributed by atoms with Crippen molar-refractivity contribution in [3.8, 4) is 0 Å². The maximum absolute atomic E-state index is 12.6. The van der Waals surface area contributed by atoms with Crippen molar-refractivity contribution in [2.24, 2.45) is 0 Å². The lowest BCUT2D eigenvalue weighted by molar-refractivity contribution is -0.126. The van der Waals surface area contributed by atoms with Gasteiger partial charge >= 0.3 is 5.97 Å². The Morgan fingerprint density at radius 2 is 1.34 bits per heavy atom. The third-order valence-corrected chi connectivity index (χ3v) is 5.26. The predicted molar refractivity (Wildman–Crippen MR) is 119 cm³/mol. The Kier molecular flexibility index (Phi) is 5.55. The molecule has 0 aromatic heterocycles. The fourth-order valence-electron chi connectivity index (χ4n) is 3.50. The molecule has 0 aliphatic carbocycles. The first kappa shape index (κ1) is 21.0. The first-order valence-corrected chi connectivity index (χ1v) is 10.00. The minimum absolute atomic E-state index is 0.201. The van der Waals surface area contributed by atoms with Gasteiger partial charge in [-0.15, -0.1) is 0 Å². The topological polar surface area (TPSA) is 84.0 Å². The highest BCUT2D eigenvalue weighted by Crippen LogP contribution is 2.28. The number of anilines is 2. The van der Waals surface area contributed by atoms with Crippen LogP contribution in [0.3, 0.4) is 0 Å². The summed E-state index contributed by atoms with van der Waals surface area (Å²) in [4.78, 5) is 52.8. The zero-order chi connectivity index (χ0) is 22.8. The van der Waals surface area contributed by atoms with Crippen LogP contribution in [0, 0.1) is 0 Å². The third-order valence-electron chi connectivity index (χ3n) is 5.26. The van der Waals surface area contributed by atoms with Crippen LogP contribution in [0.2, 0.25) is 0 Å². The second-order valence-electron chi connectivity index (χ2n) is 7.32. The molecule has 0 radical (unpaired) electrons. The van der Waals surface area contributed by atoms with Crippen LogP contribution >= 0.6 is 0 Å². The standard InChI is InChI=1S/C25H20N2O5/c1-16(22(28)26(2)18-8-4-3-5-9-18)32-25(31)17-12-14-19(15-13-17)27-23(29)20-10-6-7-11-21(20)24(27)30/h3-16H,1-2H3/t16-/m1/s1. The van der Waals surface area contributed by atoms with E-state index in [4.69, 9.17) is 4.74 Å². The molecule has 3 aromatic rings. The zero-order valence-corrected chi connectivity index (χ0v) is 17.5. The fourth-order valence-corrected chi connectivity index (χ4v) is 3.50. The largest absolute Gasteiger partial charge is 0.449 e. The molecule has 0 spiro atoms. The van der Waals surface area contributed by atoms with E-state index in [0.717, 1.165) is 4.90 Å². The molecule has 1 atom stereocenters. The highest BCUT2D eigenvalue weighted by atomic mass is 16.5. The number of esters is 1. The molecule has 1 heterocycles. The molecule has 0 saturated carbocycles. The van der Waals surface area contributed by atoms with Crippen LogP contribution in [-0.2, 0) is 9.53 Å². The summed E-state index contributed by atoms with van der Waals surface area (Å²) in [6.07, 6.45) is -0.997.